The lowest BCUT2D eigenvalue weighted by molar-refractivity contribution is -0.119. The number of fused-ring (bicyclic) bond motifs is 1. The van der Waals surface area contributed by atoms with Gasteiger partial charge >= 0.3 is 0 Å². The number of likely N-dealkylation sites (tertiary alicyclic amines) is 1. The van der Waals surface area contributed by atoms with Gasteiger partial charge in [0.15, 0.2) is 0 Å². The first-order valence-electron chi connectivity index (χ1n) is 10.7. The molecule has 3 heterocycles. The summed E-state index contributed by atoms with van der Waals surface area (Å²) >= 11 is 0. The fourth-order valence-electron chi connectivity index (χ4n) is 5.17. The molecule has 2 aromatic heterocycles. The molecule has 2 atom stereocenters. The number of nitriles is 1. The van der Waals surface area contributed by atoms with E-state index < -0.39 is 0 Å². The molecule has 0 radical (unpaired) electrons. The van der Waals surface area contributed by atoms with Crippen LogP contribution in [-0.4, -0.2) is 34.5 Å². The van der Waals surface area contributed by atoms with Crippen LogP contribution in [0.3, 0.4) is 0 Å². The minimum Gasteiger partial charge on any atom is -0.467 e. The molecule has 0 aromatic carbocycles. The highest BCUT2D eigenvalue weighted by molar-refractivity contribution is 5.93. The number of piperidine rings is 1. The number of nitrogens with one attached hydrogen (secondary N) is 1. The van der Waals surface area contributed by atoms with Gasteiger partial charge in [0, 0.05) is 11.7 Å². The summed E-state index contributed by atoms with van der Waals surface area (Å²) in [6, 6.07) is 6.57. The van der Waals surface area contributed by atoms with Crippen molar-refractivity contribution in [3.05, 3.63) is 41.0 Å². The van der Waals surface area contributed by atoms with Crippen LogP contribution in [0.4, 0.5) is 5.82 Å². The van der Waals surface area contributed by atoms with Gasteiger partial charge in [0.25, 0.3) is 0 Å². The quantitative estimate of drug-likeness (QED) is 0.824. The number of nitrogens with zero attached hydrogens (tertiary/aromatic N) is 3. The van der Waals surface area contributed by atoms with E-state index in [0.29, 0.717) is 30.5 Å². The Morgan fingerprint density at radius 3 is 2.83 bits per heavy atom. The lowest BCUT2D eigenvalue weighted by Gasteiger charge is -2.43. The van der Waals surface area contributed by atoms with E-state index in [1.54, 1.807) is 6.26 Å². The maximum absolute atomic E-state index is 13.0. The zero-order chi connectivity index (χ0) is 20.4. The molecule has 1 N–H and O–H groups in total. The Labute approximate surface area is 172 Å². The molecule has 0 unspecified atom stereocenters. The number of furan rings is 1. The van der Waals surface area contributed by atoms with E-state index in [-0.39, 0.29) is 5.91 Å². The van der Waals surface area contributed by atoms with Crippen molar-refractivity contribution < 1.29 is 9.21 Å². The molecule has 1 saturated heterocycles. The second-order valence-corrected chi connectivity index (χ2v) is 8.48. The zero-order valence-electron chi connectivity index (χ0n) is 17.4. The van der Waals surface area contributed by atoms with Gasteiger partial charge in [-0.2, -0.15) is 5.26 Å². The van der Waals surface area contributed by atoms with E-state index in [1.807, 2.05) is 30.5 Å². The van der Waals surface area contributed by atoms with Gasteiger partial charge < -0.3 is 14.3 Å². The number of rotatable bonds is 5. The third-order valence-corrected chi connectivity index (χ3v) is 6.80. The van der Waals surface area contributed by atoms with E-state index in [9.17, 15) is 10.1 Å². The molecule has 1 aliphatic carbocycles. The van der Waals surface area contributed by atoms with Gasteiger partial charge in [-0.05, 0) is 69.7 Å². The number of hydrogen-bond donors (Lipinski definition) is 1. The maximum atomic E-state index is 13.0. The first kappa shape index (κ1) is 19.8. The SMILES string of the molecule is Cc1c(C#N)c(NC(=O)CN2CCC[C@H]3CCCC[C@@H]32)n(Cc2ccco2)c1C. The van der Waals surface area contributed by atoms with Crippen LogP contribution in [0.5, 0.6) is 0 Å². The van der Waals surface area contributed by atoms with Gasteiger partial charge in [0.05, 0.1) is 24.9 Å². The average molecular weight is 395 g/mol. The first-order valence-corrected chi connectivity index (χ1v) is 10.7. The second kappa shape index (κ2) is 8.46. The molecular weight excluding hydrogens is 364 g/mol. The number of hydrogen-bond acceptors (Lipinski definition) is 4. The van der Waals surface area contributed by atoms with Gasteiger partial charge in [-0.3, -0.25) is 9.69 Å². The van der Waals surface area contributed by atoms with E-state index in [4.69, 9.17) is 4.42 Å². The number of anilines is 1. The normalized spacial score (nSPS) is 22.1. The second-order valence-electron chi connectivity index (χ2n) is 8.48. The summed E-state index contributed by atoms with van der Waals surface area (Å²) in [7, 11) is 0. The Hall–Kier alpha value is -2.52. The number of carbonyl (C=O) groups is 1. The summed E-state index contributed by atoms with van der Waals surface area (Å²) in [6.07, 6.45) is 9.20. The summed E-state index contributed by atoms with van der Waals surface area (Å²) in [5.74, 6) is 2.09. The molecule has 154 valence electrons. The Morgan fingerprint density at radius 1 is 1.28 bits per heavy atom. The molecule has 2 fully saturated rings. The van der Waals surface area contributed by atoms with Crippen LogP contribution in [0.2, 0.25) is 0 Å². The van der Waals surface area contributed by atoms with Crippen LogP contribution in [0.15, 0.2) is 22.8 Å². The summed E-state index contributed by atoms with van der Waals surface area (Å²) in [5.41, 5.74) is 2.41. The van der Waals surface area contributed by atoms with Crippen LogP contribution in [0.25, 0.3) is 0 Å². The first-order chi connectivity index (χ1) is 14.1. The predicted molar refractivity (Wildman–Crippen MR) is 112 cm³/mol. The smallest absolute Gasteiger partial charge is 0.239 e. The van der Waals surface area contributed by atoms with Gasteiger partial charge in [-0.15, -0.1) is 0 Å². The standard InChI is InChI=1S/C23H30N4O2/c1-16-17(2)27(14-19-9-6-12-29-19)23(20(16)13-24)25-22(28)15-26-11-5-8-18-7-3-4-10-21(18)26/h6,9,12,18,21H,3-5,7-8,10-11,14-15H2,1-2H3,(H,25,28)/t18-,21+/m1/s1. The predicted octanol–water partition coefficient (Wildman–Crippen LogP) is 4.21. The maximum Gasteiger partial charge on any atom is 0.239 e. The Balaban J connectivity index is 1.53. The Kier molecular flexibility index (Phi) is 5.77. The Bertz CT molecular complexity index is 904. The molecule has 4 rings (SSSR count). The highest BCUT2D eigenvalue weighted by atomic mass is 16.3. The van der Waals surface area contributed by atoms with E-state index in [0.717, 1.165) is 29.5 Å². The summed E-state index contributed by atoms with van der Waals surface area (Å²) in [6.45, 7) is 5.79. The minimum atomic E-state index is -0.0362. The van der Waals surface area contributed by atoms with Crippen LogP contribution < -0.4 is 5.32 Å². The Morgan fingerprint density at radius 2 is 2.07 bits per heavy atom. The number of amides is 1. The van der Waals surface area contributed by atoms with Gasteiger partial charge in [-0.25, -0.2) is 0 Å². The molecule has 1 aliphatic heterocycles. The minimum absolute atomic E-state index is 0.0362. The van der Waals surface area contributed by atoms with Crippen molar-refractivity contribution >= 4 is 11.7 Å². The molecule has 29 heavy (non-hydrogen) atoms. The largest absolute Gasteiger partial charge is 0.467 e. The van der Waals surface area contributed by atoms with E-state index >= 15 is 0 Å². The number of carbonyl (C=O) groups excluding carboxylic acids is 1. The molecule has 0 spiro atoms. The van der Waals surface area contributed by atoms with Crippen molar-refractivity contribution in [3.8, 4) is 6.07 Å². The van der Waals surface area contributed by atoms with Gasteiger partial charge in [0.1, 0.15) is 17.6 Å². The van der Waals surface area contributed by atoms with Crippen molar-refractivity contribution in [2.24, 2.45) is 5.92 Å². The van der Waals surface area contributed by atoms with Crippen LogP contribution in [0, 0.1) is 31.1 Å². The van der Waals surface area contributed by atoms with Crippen molar-refractivity contribution in [1.82, 2.24) is 9.47 Å². The number of aromatic nitrogens is 1. The summed E-state index contributed by atoms with van der Waals surface area (Å²) in [5, 5.41) is 12.8. The lowest BCUT2D eigenvalue weighted by atomic mass is 9.78. The fraction of sp³-hybridized carbons (Fsp3) is 0.565. The van der Waals surface area contributed by atoms with Crippen LogP contribution in [-0.2, 0) is 11.3 Å². The zero-order valence-corrected chi connectivity index (χ0v) is 17.4. The van der Waals surface area contributed by atoms with Crippen molar-refractivity contribution in [1.29, 1.82) is 5.26 Å². The van der Waals surface area contributed by atoms with Gasteiger partial charge in [0.2, 0.25) is 5.91 Å². The fourth-order valence-corrected chi connectivity index (χ4v) is 5.17. The van der Waals surface area contributed by atoms with E-state index in [2.05, 4.69) is 16.3 Å². The average Bonchev–Trinajstić information content (AvgIpc) is 3.31. The lowest BCUT2D eigenvalue weighted by Crippen LogP contribution is -2.49. The van der Waals surface area contributed by atoms with Crippen LogP contribution in [0.1, 0.15) is 61.1 Å². The molecule has 6 nitrogen and oxygen atoms in total. The highest BCUT2D eigenvalue weighted by Gasteiger charge is 2.34. The third-order valence-electron chi connectivity index (χ3n) is 6.80. The molecular formula is C23H30N4O2. The summed E-state index contributed by atoms with van der Waals surface area (Å²) in [4.78, 5) is 15.4. The summed E-state index contributed by atoms with van der Waals surface area (Å²) < 4.78 is 7.47. The van der Waals surface area contributed by atoms with Crippen LogP contribution >= 0.6 is 0 Å². The molecule has 1 amide bonds. The monoisotopic (exact) mass is 394 g/mol. The van der Waals surface area contributed by atoms with Crippen molar-refractivity contribution in [2.75, 3.05) is 18.4 Å². The molecule has 6 heteroatoms. The highest BCUT2D eigenvalue weighted by Crippen LogP contribution is 2.35. The van der Waals surface area contributed by atoms with Crippen molar-refractivity contribution in [3.63, 3.8) is 0 Å². The van der Waals surface area contributed by atoms with E-state index in [1.165, 1.54) is 38.5 Å². The molecule has 0 bridgehead atoms. The van der Waals surface area contributed by atoms with Crippen molar-refractivity contribution in [2.45, 2.75) is 65.0 Å². The third kappa shape index (κ3) is 3.97. The molecule has 1 saturated carbocycles. The molecule has 2 aliphatic rings. The van der Waals surface area contributed by atoms with Gasteiger partial charge in [-0.1, -0.05) is 12.8 Å². The topological polar surface area (TPSA) is 74.2 Å². The molecule has 2 aromatic rings.